The van der Waals surface area contributed by atoms with Crippen molar-refractivity contribution in [1.29, 1.82) is 0 Å². The molecule has 0 amide bonds. The molecule has 0 fully saturated rings. The van der Waals surface area contributed by atoms with Crippen LogP contribution in [0.2, 0.25) is 0 Å². The van der Waals surface area contributed by atoms with Crippen molar-refractivity contribution in [3.8, 4) is 0 Å². The second-order valence-electron chi connectivity index (χ2n) is 2.26. The van der Waals surface area contributed by atoms with Crippen molar-refractivity contribution in [2.75, 3.05) is 0 Å². The van der Waals surface area contributed by atoms with Crippen molar-refractivity contribution in [3.63, 3.8) is 0 Å². The van der Waals surface area contributed by atoms with Gasteiger partial charge >= 0.3 is 5.70 Å². The SMILES string of the molecule is O=[N+]([O-])C1=C=CC([N+](=O)[O-])=CC=C1Cl. The minimum atomic E-state index is -0.758. The maximum absolute atomic E-state index is 10.4. The van der Waals surface area contributed by atoms with Gasteiger partial charge in [0.2, 0.25) is 0 Å². The van der Waals surface area contributed by atoms with Crippen molar-refractivity contribution in [3.05, 3.63) is 60.6 Å². The number of halogens is 1. The van der Waals surface area contributed by atoms with E-state index in [1.807, 2.05) is 0 Å². The van der Waals surface area contributed by atoms with Crippen LogP contribution in [0.1, 0.15) is 0 Å². The van der Waals surface area contributed by atoms with E-state index in [1.165, 1.54) is 0 Å². The lowest BCUT2D eigenvalue weighted by molar-refractivity contribution is -0.420. The number of allylic oxidation sites excluding steroid dienone is 3. The van der Waals surface area contributed by atoms with Gasteiger partial charge in [0.15, 0.2) is 0 Å². The van der Waals surface area contributed by atoms with Gasteiger partial charge in [-0.2, -0.15) is 0 Å². The molecule has 0 bridgehead atoms. The van der Waals surface area contributed by atoms with Crippen LogP contribution in [0.15, 0.2) is 40.4 Å². The van der Waals surface area contributed by atoms with Crippen LogP contribution in [0.4, 0.5) is 0 Å². The van der Waals surface area contributed by atoms with E-state index in [2.05, 4.69) is 5.73 Å². The zero-order chi connectivity index (χ0) is 10.7. The summed E-state index contributed by atoms with van der Waals surface area (Å²) in [6.45, 7) is 0. The van der Waals surface area contributed by atoms with Gasteiger partial charge in [0.1, 0.15) is 5.03 Å². The molecule has 0 saturated heterocycles. The number of nitrogens with zero attached hydrogens (tertiary/aromatic N) is 2. The molecule has 72 valence electrons. The fourth-order valence-electron chi connectivity index (χ4n) is 0.750. The van der Waals surface area contributed by atoms with Gasteiger partial charge in [-0.05, 0) is 11.8 Å². The topological polar surface area (TPSA) is 86.3 Å². The second-order valence-corrected chi connectivity index (χ2v) is 2.66. The highest BCUT2D eigenvalue weighted by molar-refractivity contribution is 6.31. The molecule has 1 rings (SSSR count). The van der Waals surface area contributed by atoms with E-state index in [0.717, 1.165) is 18.2 Å². The Kier molecular flexibility index (Phi) is 2.81. The Morgan fingerprint density at radius 3 is 2.36 bits per heavy atom. The molecular formula is C7H3ClN2O4. The molecule has 0 aromatic rings. The van der Waals surface area contributed by atoms with E-state index in [9.17, 15) is 20.2 Å². The zero-order valence-corrected chi connectivity index (χ0v) is 7.39. The lowest BCUT2D eigenvalue weighted by Crippen LogP contribution is -1.96. The largest absolute Gasteiger partial charge is 0.330 e. The molecule has 0 aliphatic heterocycles. The molecule has 1 aliphatic rings. The molecule has 0 N–H and O–H groups in total. The normalized spacial score (nSPS) is 15.1. The van der Waals surface area contributed by atoms with Crippen LogP contribution in [-0.4, -0.2) is 9.85 Å². The van der Waals surface area contributed by atoms with Crippen LogP contribution >= 0.6 is 11.6 Å². The summed E-state index contributed by atoms with van der Waals surface area (Å²) >= 11 is 5.48. The van der Waals surface area contributed by atoms with Gasteiger partial charge in [0.05, 0.1) is 15.9 Å². The molecule has 0 radical (unpaired) electrons. The van der Waals surface area contributed by atoms with Crippen LogP contribution in [0.3, 0.4) is 0 Å². The Morgan fingerprint density at radius 1 is 1.21 bits per heavy atom. The standard InChI is InChI=1S/C7H3ClN2O4/c8-6-3-1-5(9(11)12)2-4-7(6)10(13)14/h1-3H. The van der Waals surface area contributed by atoms with E-state index in [-0.39, 0.29) is 10.7 Å². The highest BCUT2D eigenvalue weighted by Crippen LogP contribution is 2.17. The zero-order valence-electron chi connectivity index (χ0n) is 6.64. The van der Waals surface area contributed by atoms with Crippen LogP contribution in [0.5, 0.6) is 0 Å². The van der Waals surface area contributed by atoms with Gasteiger partial charge in [0, 0.05) is 6.08 Å². The predicted octanol–water partition coefficient (Wildman–Crippen LogP) is 1.60. The summed E-state index contributed by atoms with van der Waals surface area (Å²) in [7, 11) is 0. The quantitative estimate of drug-likeness (QED) is 0.397. The van der Waals surface area contributed by atoms with Crippen molar-refractivity contribution in [2.45, 2.75) is 0 Å². The fourth-order valence-corrected chi connectivity index (χ4v) is 0.937. The highest BCUT2D eigenvalue weighted by Gasteiger charge is 2.17. The third-order valence-corrected chi connectivity index (χ3v) is 1.68. The van der Waals surface area contributed by atoms with E-state index in [0.29, 0.717) is 0 Å². The smallest absolute Gasteiger partial charge is 0.258 e. The van der Waals surface area contributed by atoms with E-state index >= 15 is 0 Å². The third kappa shape index (κ3) is 2.07. The van der Waals surface area contributed by atoms with Crippen molar-refractivity contribution in [2.24, 2.45) is 0 Å². The first kappa shape index (κ1) is 10.2. The molecule has 14 heavy (non-hydrogen) atoms. The van der Waals surface area contributed by atoms with Crippen LogP contribution < -0.4 is 0 Å². The molecule has 0 spiro atoms. The summed E-state index contributed by atoms with van der Waals surface area (Å²) in [5.74, 6) is 0. The second kappa shape index (κ2) is 3.87. The van der Waals surface area contributed by atoms with E-state index < -0.39 is 15.5 Å². The van der Waals surface area contributed by atoms with Crippen molar-refractivity contribution < 1.29 is 9.85 Å². The fraction of sp³-hybridized carbons (Fsp3) is 0. The molecule has 0 atom stereocenters. The molecule has 1 aliphatic carbocycles. The minimum absolute atomic E-state index is 0.192. The number of nitro groups is 2. The average Bonchev–Trinajstić information content (AvgIpc) is 2.26. The maximum Gasteiger partial charge on any atom is 0.330 e. The first-order chi connectivity index (χ1) is 6.52. The Morgan fingerprint density at radius 2 is 1.86 bits per heavy atom. The summed E-state index contributed by atoms with van der Waals surface area (Å²) in [5, 5.41) is 20.5. The molecule has 6 nitrogen and oxygen atoms in total. The first-order valence-corrected chi connectivity index (χ1v) is 3.73. The average molecular weight is 215 g/mol. The highest BCUT2D eigenvalue weighted by atomic mass is 35.5. The van der Waals surface area contributed by atoms with E-state index in [1.54, 1.807) is 0 Å². The summed E-state index contributed by atoms with van der Waals surface area (Å²) in [6.07, 6.45) is 3.07. The van der Waals surface area contributed by atoms with Gasteiger partial charge < -0.3 is 0 Å². The Labute approximate surface area is 82.8 Å². The minimum Gasteiger partial charge on any atom is -0.258 e. The first-order valence-electron chi connectivity index (χ1n) is 3.35. The molecule has 7 heteroatoms. The van der Waals surface area contributed by atoms with Gasteiger partial charge in [0.25, 0.3) is 5.70 Å². The Balaban J connectivity index is 3.23. The van der Waals surface area contributed by atoms with Crippen molar-refractivity contribution in [1.82, 2.24) is 0 Å². The molecule has 0 heterocycles. The summed E-state index contributed by atoms with van der Waals surface area (Å²) in [4.78, 5) is 19.2. The van der Waals surface area contributed by atoms with Crippen molar-refractivity contribution >= 4 is 11.6 Å². The molecule has 0 aromatic heterocycles. The number of hydrogen-bond donors (Lipinski definition) is 0. The number of rotatable bonds is 2. The predicted molar refractivity (Wildman–Crippen MR) is 47.6 cm³/mol. The molecular weight excluding hydrogens is 212 g/mol. The summed E-state index contributed by atoms with van der Waals surface area (Å²) < 4.78 is 0. The Bertz CT molecular complexity index is 429. The molecule has 0 unspecified atom stereocenters. The van der Waals surface area contributed by atoms with Gasteiger partial charge in [-0.1, -0.05) is 11.6 Å². The van der Waals surface area contributed by atoms with E-state index in [4.69, 9.17) is 11.6 Å². The summed E-state index contributed by atoms with van der Waals surface area (Å²) in [5.41, 5.74) is 1.35. The monoisotopic (exact) mass is 214 g/mol. The number of hydrogen-bond acceptors (Lipinski definition) is 4. The van der Waals surface area contributed by atoms with Crippen LogP contribution in [0.25, 0.3) is 0 Å². The lowest BCUT2D eigenvalue weighted by atomic mass is 10.4. The van der Waals surface area contributed by atoms with Crippen LogP contribution in [-0.2, 0) is 0 Å². The van der Waals surface area contributed by atoms with Gasteiger partial charge in [-0.3, -0.25) is 20.2 Å². The van der Waals surface area contributed by atoms with Gasteiger partial charge in [-0.15, -0.1) is 0 Å². The Hall–Kier alpha value is -1.91. The van der Waals surface area contributed by atoms with Gasteiger partial charge in [-0.25, -0.2) is 0 Å². The van der Waals surface area contributed by atoms with Crippen LogP contribution in [0, 0.1) is 20.2 Å². The maximum atomic E-state index is 10.4. The third-order valence-electron chi connectivity index (χ3n) is 1.38. The lowest BCUT2D eigenvalue weighted by Gasteiger charge is -1.88. The molecule has 0 saturated carbocycles. The summed E-state index contributed by atoms with van der Waals surface area (Å²) in [6, 6.07) is 0. The molecule has 0 aromatic carbocycles.